The first-order chi connectivity index (χ1) is 12.5. The van der Waals surface area contributed by atoms with Gasteiger partial charge in [0.15, 0.2) is 5.69 Å². The van der Waals surface area contributed by atoms with Crippen LogP contribution in [0.25, 0.3) is 22.3 Å². The van der Waals surface area contributed by atoms with Gasteiger partial charge < -0.3 is 10.3 Å². The number of amides is 1. The lowest BCUT2D eigenvalue weighted by Gasteiger charge is -2.03. The van der Waals surface area contributed by atoms with Crippen molar-refractivity contribution in [2.75, 3.05) is 5.32 Å². The molecule has 130 valence electrons. The fourth-order valence-electron chi connectivity index (χ4n) is 2.77. The number of hydrogen-bond acceptors (Lipinski definition) is 3. The van der Waals surface area contributed by atoms with E-state index >= 15 is 0 Å². The van der Waals surface area contributed by atoms with Gasteiger partial charge >= 0.3 is 0 Å². The Morgan fingerprint density at radius 3 is 2.62 bits per heavy atom. The second kappa shape index (κ2) is 6.11. The molecule has 6 nitrogen and oxygen atoms in total. The Morgan fingerprint density at radius 1 is 1.15 bits per heavy atom. The van der Waals surface area contributed by atoms with Gasteiger partial charge in [-0.05, 0) is 55.8 Å². The minimum Gasteiger partial charge on any atom is -0.339 e. The van der Waals surface area contributed by atoms with Crippen molar-refractivity contribution in [2.45, 2.75) is 13.8 Å². The summed E-state index contributed by atoms with van der Waals surface area (Å²) in [6.07, 6.45) is 1.58. The van der Waals surface area contributed by atoms with Crippen molar-refractivity contribution in [3.8, 4) is 11.3 Å². The van der Waals surface area contributed by atoms with E-state index in [1.165, 1.54) is 12.1 Å². The molecule has 0 aliphatic carbocycles. The van der Waals surface area contributed by atoms with Crippen LogP contribution in [-0.2, 0) is 0 Å². The van der Waals surface area contributed by atoms with E-state index < -0.39 is 0 Å². The van der Waals surface area contributed by atoms with E-state index in [0.29, 0.717) is 17.0 Å². The van der Waals surface area contributed by atoms with Crippen LogP contribution in [0.4, 0.5) is 10.1 Å². The van der Waals surface area contributed by atoms with Gasteiger partial charge in [0.25, 0.3) is 5.91 Å². The lowest BCUT2D eigenvalue weighted by atomic mass is 10.1. The Bertz CT molecular complexity index is 1110. The summed E-state index contributed by atoms with van der Waals surface area (Å²) >= 11 is 0. The summed E-state index contributed by atoms with van der Waals surface area (Å²) in [5.41, 5.74) is 4.99. The normalized spacial score (nSPS) is 11.0. The maximum Gasteiger partial charge on any atom is 0.276 e. The molecule has 0 spiro atoms. The Morgan fingerprint density at radius 2 is 1.92 bits per heavy atom. The molecule has 0 aliphatic rings. The van der Waals surface area contributed by atoms with Crippen LogP contribution < -0.4 is 5.32 Å². The van der Waals surface area contributed by atoms with Crippen LogP contribution in [0.2, 0.25) is 0 Å². The average molecular weight is 349 g/mol. The van der Waals surface area contributed by atoms with E-state index in [1.54, 1.807) is 18.3 Å². The van der Waals surface area contributed by atoms with E-state index in [0.717, 1.165) is 27.9 Å². The molecule has 3 heterocycles. The van der Waals surface area contributed by atoms with Crippen molar-refractivity contribution in [2.24, 2.45) is 0 Å². The molecule has 3 aromatic heterocycles. The molecule has 4 rings (SSSR count). The number of hydrogen-bond donors (Lipinski definition) is 3. The molecule has 7 heteroatoms. The van der Waals surface area contributed by atoms with Gasteiger partial charge in [0, 0.05) is 22.3 Å². The first kappa shape index (κ1) is 16.0. The molecule has 0 saturated carbocycles. The maximum absolute atomic E-state index is 13.1. The predicted octanol–water partition coefficient (Wildman–Crippen LogP) is 3.96. The third-order valence-corrected chi connectivity index (χ3v) is 4.35. The summed E-state index contributed by atoms with van der Waals surface area (Å²) < 4.78 is 13.1. The number of fused-ring (bicyclic) bond motifs is 1. The summed E-state index contributed by atoms with van der Waals surface area (Å²) in [5.74, 6) is -0.570. The Labute approximate surface area is 148 Å². The number of rotatable bonds is 3. The molecule has 3 N–H and O–H groups in total. The fraction of sp³-hybridized carbons (Fsp3) is 0.105. The number of nitrogens with one attached hydrogen (secondary N) is 3. The number of halogens is 1. The van der Waals surface area contributed by atoms with Crippen LogP contribution in [0.5, 0.6) is 0 Å². The number of aryl methyl sites for hydroxylation is 1. The molecule has 4 aromatic rings. The second-order valence-corrected chi connectivity index (χ2v) is 6.13. The zero-order chi connectivity index (χ0) is 18.3. The summed E-state index contributed by atoms with van der Waals surface area (Å²) in [4.78, 5) is 19.9. The molecular formula is C19H16FN5O. The van der Waals surface area contributed by atoms with Crippen LogP contribution in [-0.4, -0.2) is 26.1 Å². The van der Waals surface area contributed by atoms with E-state index in [2.05, 4.69) is 25.5 Å². The van der Waals surface area contributed by atoms with Gasteiger partial charge in [-0.1, -0.05) is 0 Å². The van der Waals surface area contributed by atoms with Gasteiger partial charge in [0.2, 0.25) is 0 Å². The number of carbonyl (C=O) groups excluding carboxylic acids is 1. The van der Waals surface area contributed by atoms with E-state index in [4.69, 9.17) is 0 Å². The molecule has 0 radical (unpaired) electrons. The molecular weight excluding hydrogens is 333 g/mol. The first-order valence-corrected chi connectivity index (χ1v) is 8.09. The Kier molecular flexibility index (Phi) is 3.76. The minimum atomic E-state index is -0.290. The first-order valence-electron chi connectivity index (χ1n) is 8.09. The van der Waals surface area contributed by atoms with E-state index in [9.17, 15) is 9.18 Å². The van der Waals surface area contributed by atoms with Crippen molar-refractivity contribution in [3.63, 3.8) is 0 Å². The van der Waals surface area contributed by atoms with Gasteiger partial charge in [-0.3, -0.25) is 9.89 Å². The largest absolute Gasteiger partial charge is 0.339 e. The zero-order valence-corrected chi connectivity index (χ0v) is 14.2. The Balaban J connectivity index is 1.62. The van der Waals surface area contributed by atoms with Crippen LogP contribution in [0.15, 0.2) is 42.6 Å². The highest BCUT2D eigenvalue weighted by Crippen LogP contribution is 2.25. The summed E-state index contributed by atoms with van der Waals surface area (Å²) in [6.45, 7) is 3.71. The molecule has 1 amide bonds. The molecule has 0 atom stereocenters. The summed E-state index contributed by atoms with van der Waals surface area (Å²) in [7, 11) is 0. The molecule has 0 fully saturated rings. The highest BCUT2D eigenvalue weighted by Gasteiger charge is 2.15. The van der Waals surface area contributed by atoms with E-state index in [1.807, 2.05) is 26.0 Å². The van der Waals surface area contributed by atoms with Gasteiger partial charge in [-0.2, -0.15) is 5.10 Å². The number of anilines is 1. The van der Waals surface area contributed by atoms with Crippen molar-refractivity contribution in [3.05, 3.63) is 65.4 Å². The standard InChI is InChI=1S/C19H16FN5O/c1-10-11(2)24-25-17(10)19(26)22-15-7-13-8-16(23-18(13)21-9-15)12-3-5-14(20)6-4-12/h3-9H,1-2H3,(H,21,23)(H,22,26)(H,24,25). The number of pyridine rings is 1. The number of nitrogens with zero attached hydrogens (tertiary/aromatic N) is 2. The third-order valence-electron chi connectivity index (χ3n) is 4.35. The lowest BCUT2D eigenvalue weighted by molar-refractivity contribution is 0.102. The Hall–Kier alpha value is -3.48. The maximum atomic E-state index is 13.1. The van der Waals surface area contributed by atoms with Crippen LogP contribution in [0.1, 0.15) is 21.7 Å². The minimum absolute atomic E-state index is 0.281. The molecule has 1 aromatic carbocycles. The lowest BCUT2D eigenvalue weighted by Crippen LogP contribution is -2.13. The summed E-state index contributed by atoms with van der Waals surface area (Å²) in [6, 6.07) is 9.97. The van der Waals surface area contributed by atoms with Gasteiger partial charge in [0.1, 0.15) is 11.5 Å². The molecule has 0 saturated heterocycles. The zero-order valence-electron chi connectivity index (χ0n) is 14.2. The highest BCUT2D eigenvalue weighted by atomic mass is 19.1. The third kappa shape index (κ3) is 2.83. The molecule has 26 heavy (non-hydrogen) atoms. The molecule has 0 aliphatic heterocycles. The van der Waals surface area contributed by atoms with Crippen LogP contribution in [0.3, 0.4) is 0 Å². The number of carbonyl (C=O) groups is 1. The van der Waals surface area contributed by atoms with Crippen LogP contribution >= 0.6 is 0 Å². The number of H-pyrrole nitrogens is 2. The van der Waals surface area contributed by atoms with Gasteiger partial charge in [0.05, 0.1) is 11.9 Å². The van der Waals surface area contributed by atoms with Gasteiger partial charge in [-0.15, -0.1) is 0 Å². The van der Waals surface area contributed by atoms with Crippen LogP contribution in [0, 0.1) is 19.7 Å². The SMILES string of the molecule is Cc1[nH]nc(C(=O)Nc2cnc3[nH]c(-c4ccc(F)cc4)cc3c2)c1C. The topological polar surface area (TPSA) is 86.5 Å². The highest BCUT2D eigenvalue weighted by molar-refractivity contribution is 6.04. The quantitative estimate of drug-likeness (QED) is 0.523. The van der Waals surface area contributed by atoms with Crippen molar-refractivity contribution in [1.82, 2.24) is 20.2 Å². The van der Waals surface area contributed by atoms with Crippen molar-refractivity contribution in [1.29, 1.82) is 0 Å². The van der Waals surface area contributed by atoms with Crippen molar-refractivity contribution < 1.29 is 9.18 Å². The van der Waals surface area contributed by atoms with Crippen molar-refractivity contribution >= 4 is 22.6 Å². The fourth-order valence-corrected chi connectivity index (χ4v) is 2.77. The molecule has 0 unspecified atom stereocenters. The number of benzene rings is 1. The smallest absolute Gasteiger partial charge is 0.276 e. The number of aromatic nitrogens is 4. The average Bonchev–Trinajstić information content (AvgIpc) is 3.19. The molecule has 0 bridgehead atoms. The predicted molar refractivity (Wildman–Crippen MR) is 97.5 cm³/mol. The summed E-state index contributed by atoms with van der Waals surface area (Å²) in [5, 5.41) is 10.5. The number of aromatic amines is 2. The van der Waals surface area contributed by atoms with Gasteiger partial charge in [-0.25, -0.2) is 9.37 Å². The monoisotopic (exact) mass is 349 g/mol. The second-order valence-electron chi connectivity index (χ2n) is 6.13. The van der Waals surface area contributed by atoms with E-state index in [-0.39, 0.29) is 11.7 Å².